The topological polar surface area (TPSA) is 36.9 Å². The van der Waals surface area contributed by atoms with Gasteiger partial charge in [0.2, 0.25) is 0 Å². The molecule has 1 fully saturated rings. The molecule has 4 nitrogen and oxygen atoms in total. The molecule has 0 bridgehead atoms. The minimum Gasteiger partial charge on any atom is -0.394 e. The average Bonchev–Trinajstić information content (AvgIpc) is 2.36. The molecule has 0 amide bonds. The van der Waals surface area contributed by atoms with Crippen LogP contribution in [0.3, 0.4) is 0 Å². The van der Waals surface area contributed by atoms with Crippen molar-refractivity contribution >= 4 is 8.56 Å². The fourth-order valence-corrected chi connectivity index (χ4v) is 6.84. The van der Waals surface area contributed by atoms with Crippen LogP contribution in [0.1, 0.15) is 40.5 Å². The molecular weight excluding hydrogens is 272 g/mol. The molecule has 5 heteroatoms. The van der Waals surface area contributed by atoms with E-state index in [2.05, 4.69) is 34.2 Å². The molecule has 0 aliphatic carbocycles. The van der Waals surface area contributed by atoms with Gasteiger partial charge in [-0.05, 0) is 33.2 Å². The lowest BCUT2D eigenvalue weighted by Crippen LogP contribution is -2.56. The third-order valence-corrected chi connectivity index (χ3v) is 8.07. The van der Waals surface area contributed by atoms with Gasteiger partial charge in [0.1, 0.15) is 0 Å². The van der Waals surface area contributed by atoms with Gasteiger partial charge in [-0.15, -0.1) is 0 Å². The predicted octanol–water partition coefficient (Wildman–Crippen LogP) is 3.35. The highest BCUT2D eigenvalue weighted by molar-refractivity contribution is 6.67. The third kappa shape index (κ3) is 4.53. The maximum absolute atomic E-state index is 6.12. The van der Waals surface area contributed by atoms with Gasteiger partial charge < -0.3 is 18.3 Å². The highest BCUT2D eigenvalue weighted by Gasteiger charge is 2.53. The average molecular weight is 305 g/mol. The minimum absolute atomic E-state index is 0.181. The second-order valence-electron chi connectivity index (χ2n) is 5.98. The van der Waals surface area contributed by atoms with E-state index in [0.717, 1.165) is 39.3 Å². The van der Waals surface area contributed by atoms with E-state index in [1.807, 2.05) is 0 Å². The van der Waals surface area contributed by atoms with Crippen molar-refractivity contribution in [2.45, 2.75) is 52.6 Å². The molecule has 20 heavy (non-hydrogen) atoms. The largest absolute Gasteiger partial charge is 0.394 e. The number of ether oxygens (including phenoxy) is 2. The quantitative estimate of drug-likeness (QED) is 0.433. The van der Waals surface area contributed by atoms with Crippen LogP contribution in [0.15, 0.2) is 0 Å². The van der Waals surface area contributed by atoms with Crippen molar-refractivity contribution in [2.24, 2.45) is 5.41 Å². The van der Waals surface area contributed by atoms with Crippen LogP contribution in [-0.4, -0.2) is 48.2 Å². The van der Waals surface area contributed by atoms with E-state index in [1.54, 1.807) is 0 Å². The number of rotatable bonds is 11. The summed E-state index contributed by atoms with van der Waals surface area (Å²) < 4.78 is 23.4. The SMILES string of the molecule is CCCOCCC(C1(C)COC1)[Si](C)(OCC)OCC. The first-order chi connectivity index (χ1) is 9.52. The molecule has 1 unspecified atom stereocenters. The van der Waals surface area contributed by atoms with Crippen molar-refractivity contribution in [1.82, 2.24) is 0 Å². The summed E-state index contributed by atoms with van der Waals surface area (Å²) in [7, 11) is -2.20. The maximum atomic E-state index is 6.12. The minimum atomic E-state index is -2.20. The molecule has 0 aromatic rings. The lowest BCUT2D eigenvalue weighted by atomic mass is 9.83. The van der Waals surface area contributed by atoms with Gasteiger partial charge in [0.15, 0.2) is 0 Å². The Kier molecular flexibility index (Phi) is 7.68. The molecule has 1 atom stereocenters. The molecule has 0 N–H and O–H groups in total. The lowest BCUT2D eigenvalue weighted by Gasteiger charge is -2.49. The molecule has 1 aliphatic heterocycles. The third-order valence-electron chi connectivity index (χ3n) is 4.10. The number of hydrogen-bond acceptors (Lipinski definition) is 4. The van der Waals surface area contributed by atoms with Crippen LogP contribution < -0.4 is 0 Å². The van der Waals surface area contributed by atoms with E-state index in [4.69, 9.17) is 18.3 Å². The molecule has 1 rings (SSSR count). The van der Waals surface area contributed by atoms with Crippen LogP contribution in [-0.2, 0) is 18.3 Å². The summed E-state index contributed by atoms with van der Waals surface area (Å²) in [4.78, 5) is 0. The highest BCUT2D eigenvalue weighted by Crippen LogP contribution is 2.48. The fraction of sp³-hybridized carbons (Fsp3) is 1.00. The molecule has 0 radical (unpaired) electrons. The Hall–Kier alpha value is 0.0569. The van der Waals surface area contributed by atoms with Crippen LogP contribution in [0, 0.1) is 5.41 Å². The Labute approximate surface area is 125 Å². The molecule has 0 aromatic carbocycles. The molecular formula is C15H32O4Si. The van der Waals surface area contributed by atoms with E-state index in [1.165, 1.54) is 0 Å². The first kappa shape index (κ1) is 18.1. The van der Waals surface area contributed by atoms with Crippen LogP contribution in [0.2, 0.25) is 12.1 Å². The van der Waals surface area contributed by atoms with E-state index in [-0.39, 0.29) is 5.41 Å². The van der Waals surface area contributed by atoms with Crippen LogP contribution in [0.4, 0.5) is 0 Å². The molecule has 0 spiro atoms. The van der Waals surface area contributed by atoms with Crippen LogP contribution in [0.25, 0.3) is 0 Å². The van der Waals surface area contributed by atoms with Gasteiger partial charge >= 0.3 is 8.56 Å². The Morgan fingerprint density at radius 1 is 1.10 bits per heavy atom. The summed E-state index contributed by atoms with van der Waals surface area (Å²) in [5.74, 6) is 0. The molecule has 0 saturated carbocycles. The summed E-state index contributed by atoms with van der Waals surface area (Å²) in [6.45, 7) is 15.4. The van der Waals surface area contributed by atoms with E-state index >= 15 is 0 Å². The van der Waals surface area contributed by atoms with E-state index in [9.17, 15) is 0 Å². The normalized spacial score (nSPS) is 19.6. The van der Waals surface area contributed by atoms with Crippen molar-refractivity contribution in [3.05, 3.63) is 0 Å². The van der Waals surface area contributed by atoms with Gasteiger partial charge in [-0.1, -0.05) is 13.8 Å². The predicted molar refractivity (Wildman–Crippen MR) is 83.3 cm³/mol. The van der Waals surface area contributed by atoms with Gasteiger partial charge in [-0.3, -0.25) is 0 Å². The Balaban J connectivity index is 2.73. The van der Waals surface area contributed by atoms with Crippen molar-refractivity contribution in [3.63, 3.8) is 0 Å². The van der Waals surface area contributed by atoms with Crippen molar-refractivity contribution in [3.8, 4) is 0 Å². The van der Waals surface area contributed by atoms with E-state index < -0.39 is 8.56 Å². The van der Waals surface area contributed by atoms with E-state index in [0.29, 0.717) is 18.8 Å². The summed E-state index contributed by atoms with van der Waals surface area (Å²) in [6, 6.07) is 0. The van der Waals surface area contributed by atoms with Gasteiger partial charge in [-0.25, -0.2) is 0 Å². The summed E-state index contributed by atoms with van der Waals surface area (Å²) in [5.41, 5.74) is 0.599. The highest BCUT2D eigenvalue weighted by atomic mass is 28.4. The fourth-order valence-electron chi connectivity index (χ4n) is 3.13. The molecule has 0 aromatic heterocycles. The Bertz CT molecular complexity index is 263. The summed E-state index contributed by atoms with van der Waals surface area (Å²) >= 11 is 0. The summed E-state index contributed by atoms with van der Waals surface area (Å²) in [5, 5.41) is 0. The second kappa shape index (κ2) is 8.49. The monoisotopic (exact) mass is 304 g/mol. The Morgan fingerprint density at radius 3 is 2.10 bits per heavy atom. The first-order valence-electron chi connectivity index (χ1n) is 7.95. The zero-order chi connectivity index (χ0) is 15.1. The zero-order valence-corrected chi connectivity index (χ0v) is 14.9. The van der Waals surface area contributed by atoms with Gasteiger partial charge in [0.25, 0.3) is 0 Å². The molecule has 1 aliphatic rings. The first-order valence-corrected chi connectivity index (χ1v) is 10.3. The van der Waals surface area contributed by atoms with Crippen molar-refractivity contribution in [2.75, 3.05) is 39.6 Å². The summed E-state index contributed by atoms with van der Waals surface area (Å²) in [6.07, 6.45) is 2.07. The van der Waals surface area contributed by atoms with Crippen LogP contribution in [0.5, 0.6) is 0 Å². The van der Waals surface area contributed by atoms with Crippen molar-refractivity contribution in [1.29, 1.82) is 0 Å². The molecule has 1 heterocycles. The lowest BCUT2D eigenvalue weighted by molar-refractivity contribution is -0.115. The van der Waals surface area contributed by atoms with Gasteiger partial charge in [0, 0.05) is 37.4 Å². The van der Waals surface area contributed by atoms with Gasteiger partial charge in [0.05, 0.1) is 13.2 Å². The van der Waals surface area contributed by atoms with Crippen molar-refractivity contribution < 1.29 is 18.3 Å². The molecule has 1 saturated heterocycles. The Morgan fingerprint density at radius 2 is 1.70 bits per heavy atom. The standard InChI is InChI=1S/C15H32O4Si/c1-6-10-16-11-9-14(15(4)12-17-13-15)20(5,18-7-2)19-8-3/h14H,6-13H2,1-5H3. The maximum Gasteiger partial charge on any atom is 0.338 e. The number of hydrogen-bond donors (Lipinski definition) is 0. The van der Waals surface area contributed by atoms with Gasteiger partial charge in [-0.2, -0.15) is 0 Å². The smallest absolute Gasteiger partial charge is 0.338 e. The van der Waals surface area contributed by atoms with Crippen LogP contribution >= 0.6 is 0 Å². The molecule has 120 valence electrons. The second-order valence-corrected chi connectivity index (χ2v) is 9.29. The zero-order valence-electron chi connectivity index (χ0n) is 13.9.